The molecular weight excluding hydrogens is 468 g/mol. The van der Waals surface area contributed by atoms with E-state index in [0.717, 1.165) is 26.4 Å². The van der Waals surface area contributed by atoms with Crippen molar-refractivity contribution in [1.82, 2.24) is 15.3 Å². The molecule has 1 aliphatic heterocycles. The molecule has 1 aliphatic rings. The number of rotatable bonds is 5. The van der Waals surface area contributed by atoms with Crippen LogP contribution >= 0.6 is 23.1 Å². The van der Waals surface area contributed by atoms with E-state index in [-0.39, 0.29) is 24.1 Å². The highest BCUT2D eigenvalue weighted by atomic mass is 32.2. The fourth-order valence-corrected chi connectivity index (χ4v) is 5.75. The molecule has 3 heterocycles. The summed E-state index contributed by atoms with van der Waals surface area (Å²) in [5, 5.41) is 6.41. The molecule has 5 rings (SSSR count). The van der Waals surface area contributed by atoms with Crippen LogP contribution in [0.4, 0.5) is 5.69 Å². The summed E-state index contributed by atoms with van der Waals surface area (Å²) in [7, 11) is 1.56. The minimum Gasteiger partial charge on any atom is -0.477 e. The molecular formula is C25H22N4O3S2. The second-order valence-corrected chi connectivity index (χ2v) is 9.68. The van der Waals surface area contributed by atoms with Crippen molar-refractivity contribution in [2.75, 3.05) is 24.2 Å². The molecule has 2 aromatic carbocycles. The predicted octanol–water partition coefficient (Wildman–Crippen LogP) is 4.30. The summed E-state index contributed by atoms with van der Waals surface area (Å²) in [5.41, 5.74) is 4.01. The molecule has 1 atom stereocenters. The monoisotopic (exact) mass is 490 g/mol. The number of hydrogen-bond acceptors (Lipinski definition) is 7. The maximum atomic E-state index is 13.3. The molecule has 0 unspecified atom stereocenters. The zero-order valence-electron chi connectivity index (χ0n) is 18.6. The summed E-state index contributed by atoms with van der Waals surface area (Å²) in [5.74, 6) is 0.306. The van der Waals surface area contributed by atoms with Crippen LogP contribution < -0.4 is 15.0 Å². The Morgan fingerprint density at radius 3 is 2.76 bits per heavy atom. The molecule has 2 amide bonds. The third kappa shape index (κ3) is 4.24. The van der Waals surface area contributed by atoms with Crippen LogP contribution in [0.15, 0.2) is 65.3 Å². The topological polar surface area (TPSA) is 84.4 Å². The average Bonchev–Trinajstić information content (AvgIpc) is 3.31. The Balaban J connectivity index is 1.41. The standard InChI is InChI=1S/C25H22N4O3S2/c1-15-7-9-16(10-8-15)17-12-33-24-22(17)25(28-14-27-24)34-13-21(30)29-11-20(23(31)26-2)32-19-6-4-3-5-18(19)29/h3-10,12,14,20H,11,13H2,1-2H3,(H,26,31)/t20-/m1/s1. The Kier molecular flexibility index (Phi) is 6.21. The summed E-state index contributed by atoms with van der Waals surface area (Å²) in [6.45, 7) is 2.21. The van der Waals surface area contributed by atoms with Gasteiger partial charge in [0.2, 0.25) is 5.91 Å². The van der Waals surface area contributed by atoms with E-state index in [4.69, 9.17) is 4.74 Å². The summed E-state index contributed by atoms with van der Waals surface area (Å²) in [4.78, 5) is 37.0. The molecule has 0 saturated heterocycles. The lowest BCUT2D eigenvalue weighted by atomic mass is 10.1. The number of benzene rings is 2. The quantitative estimate of drug-likeness (QED) is 0.332. The third-order valence-corrected chi connectivity index (χ3v) is 7.50. The van der Waals surface area contributed by atoms with Crippen LogP contribution in [0.2, 0.25) is 0 Å². The molecule has 9 heteroatoms. The van der Waals surface area contributed by atoms with Crippen LogP contribution in [-0.4, -0.2) is 47.2 Å². The first-order chi connectivity index (χ1) is 16.5. The fraction of sp³-hybridized carbons (Fsp3) is 0.200. The van der Waals surface area contributed by atoms with Gasteiger partial charge >= 0.3 is 0 Å². The highest BCUT2D eigenvalue weighted by Gasteiger charge is 2.33. The molecule has 0 radical (unpaired) electrons. The first kappa shape index (κ1) is 22.4. The largest absolute Gasteiger partial charge is 0.477 e. The molecule has 0 saturated carbocycles. The molecule has 34 heavy (non-hydrogen) atoms. The van der Waals surface area contributed by atoms with Gasteiger partial charge in [0.05, 0.1) is 23.4 Å². The van der Waals surface area contributed by atoms with Crippen molar-refractivity contribution < 1.29 is 14.3 Å². The lowest BCUT2D eigenvalue weighted by Crippen LogP contribution is -2.50. The lowest BCUT2D eigenvalue weighted by Gasteiger charge is -2.34. The molecule has 1 N–H and O–H groups in total. The molecule has 0 fully saturated rings. The van der Waals surface area contributed by atoms with Gasteiger partial charge in [0.25, 0.3) is 5.91 Å². The summed E-state index contributed by atoms with van der Waals surface area (Å²) in [6.07, 6.45) is 0.778. The van der Waals surface area contributed by atoms with Gasteiger partial charge in [0.1, 0.15) is 21.9 Å². The van der Waals surface area contributed by atoms with Gasteiger partial charge in [-0.05, 0) is 24.6 Å². The van der Waals surface area contributed by atoms with Crippen molar-refractivity contribution >= 4 is 50.8 Å². The number of ether oxygens (including phenoxy) is 1. The molecule has 0 aliphatic carbocycles. The van der Waals surface area contributed by atoms with Crippen LogP contribution in [0.3, 0.4) is 0 Å². The van der Waals surface area contributed by atoms with E-state index in [2.05, 4.69) is 51.9 Å². The second-order valence-electron chi connectivity index (χ2n) is 7.86. The summed E-state index contributed by atoms with van der Waals surface area (Å²) in [6, 6.07) is 15.6. The van der Waals surface area contributed by atoms with Crippen molar-refractivity contribution in [3.63, 3.8) is 0 Å². The highest BCUT2D eigenvalue weighted by Crippen LogP contribution is 2.39. The number of nitrogens with zero attached hydrogens (tertiary/aromatic N) is 3. The summed E-state index contributed by atoms with van der Waals surface area (Å²) >= 11 is 2.95. The lowest BCUT2D eigenvalue weighted by molar-refractivity contribution is -0.127. The number of aromatic nitrogens is 2. The number of nitrogens with one attached hydrogen (secondary N) is 1. The van der Waals surface area contributed by atoms with Gasteiger partial charge < -0.3 is 15.0 Å². The van der Waals surface area contributed by atoms with Crippen molar-refractivity contribution in [2.45, 2.75) is 18.1 Å². The number of para-hydroxylation sites is 2. The second kappa shape index (κ2) is 9.44. The molecule has 0 spiro atoms. The number of amides is 2. The molecule has 4 aromatic rings. The van der Waals surface area contributed by atoms with Gasteiger partial charge in [0.15, 0.2) is 6.10 Å². The van der Waals surface area contributed by atoms with Crippen molar-refractivity contribution in [3.8, 4) is 16.9 Å². The average molecular weight is 491 g/mol. The van der Waals surface area contributed by atoms with E-state index in [0.29, 0.717) is 11.4 Å². The van der Waals surface area contributed by atoms with Gasteiger partial charge in [-0.15, -0.1) is 11.3 Å². The highest BCUT2D eigenvalue weighted by molar-refractivity contribution is 8.00. The smallest absolute Gasteiger partial charge is 0.262 e. The molecule has 7 nitrogen and oxygen atoms in total. The van der Waals surface area contributed by atoms with Gasteiger partial charge in [-0.1, -0.05) is 53.7 Å². The molecule has 2 aromatic heterocycles. The van der Waals surface area contributed by atoms with Crippen LogP contribution in [-0.2, 0) is 9.59 Å². The first-order valence-corrected chi connectivity index (χ1v) is 12.6. The number of anilines is 1. The maximum absolute atomic E-state index is 13.3. The van der Waals surface area contributed by atoms with E-state index in [1.165, 1.54) is 23.7 Å². The van der Waals surface area contributed by atoms with E-state index in [1.54, 1.807) is 29.4 Å². The zero-order chi connectivity index (χ0) is 23.7. The minimum atomic E-state index is -0.760. The normalized spacial score (nSPS) is 15.0. The number of aryl methyl sites for hydroxylation is 1. The predicted molar refractivity (Wildman–Crippen MR) is 136 cm³/mol. The fourth-order valence-electron chi connectivity index (χ4n) is 3.88. The number of likely N-dealkylation sites (N-methyl/N-ethyl adjacent to an activating group) is 1. The van der Waals surface area contributed by atoms with E-state index in [1.807, 2.05) is 18.2 Å². The Bertz CT molecular complexity index is 1370. The first-order valence-electron chi connectivity index (χ1n) is 10.7. The van der Waals surface area contributed by atoms with E-state index < -0.39 is 6.10 Å². The number of hydrogen-bond donors (Lipinski definition) is 1. The Hall–Kier alpha value is -3.43. The molecule has 0 bridgehead atoms. The van der Waals surface area contributed by atoms with Gasteiger partial charge in [-0.3, -0.25) is 9.59 Å². The van der Waals surface area contributed by atoms with Gasteiger partial charge in [-0.2, -0.15) is 0 Å². The van der Waals surface area contributed by atoms with Crippen molar-refractivity contribution in [2.24, 2.45) is 0 Å². The van der Waals surface area contributed by atoms with Gasteiger partial charge in [0, 0.05) is 18.0 Å². The Morgan fingerprint density at radius 2 is 1.97 bits per heavy atom. The number of carbonyl (C=O) groups is 2. The maximum Gasteiger partial charge on any atom is 0.262 e. The minimum absolute atomic E-state index is 0.117. The number of fused-ring (bicyclic) bond motifs is 2. The van der Waals surface area contributed by atoms with Crippen LogP contribution in [0.1, 0.15) is 5.56 Å². The SMILES string of the molecule is CNC(=O)[C@H]1CN(C(=O)CSc2ncnc3scc(-c4ccc(C)cc4)c23)c2ccccc2O1. The number of thiophene rings is 1. The summed E-state index contributed by atoms with van der Waals surface area (Å²) < 4.78 is 5.82. The van der Waals surface area contributed by atoms with Crippen LogP contribution in [0.5, 0.6) is 5.75 Å². The number of thioether (sulfide) groups is 1. The number of carbonyl (C=O) groups excluding carboxylic acids is 2. The Labute approximate surface area is 205 Å². The van der Waals surface area contributed by atoms with Crippen molar-refractivity contribution in [1.29, 1.82) is 0 Å². The molecule has 172 valence electrons. The third-order valence-electron chi connectivity index (χ3n) is 5.64. The van der Waals surface area contributed by atoms with Crippen LogP contribution in [0, 0.1) is 6.92 Å². The van der Waals surface area contributed by atoms with Gasteiger partial charge in [-0.25, -0.2) is 9.97 Å². The zero-order valence-corrected chi connectivity index (χ0v) is 20.3. The van der Waals surface area contributed by atoms with E-state index >= 15 is 0 Å². The Morgan fingerprint density at radius 1 is 1.18 bits per heavy atom. The van der Waals surface area contributed by atoms with Crippen molar-refractivity contribution in [3.05, 3.63) is 65.8 Å². The van der Waals surface area contributed by atoms with Crippen LogP contribution in [0.25, 0.3) is 21.3 Å². The van der Waals surface area contributed by atoms with E-state index in [9.17, 15) is 9.59 Å².